The van der Waals surface area contributed by atoms with Crippen molar-refractivity contribution in [1.29, 1.82) is 0 Å². The minimum Gasteiger partial charge on any atom is -0.497 e. The van der Waals surface area contributed by atoms with Gasteiger partial charge in [0.2, 0.25) is 5.91 Å². The van der Waals surface area contributed by atoms with Gasteiger partial charge in [-0.2, -0.15) is 0 Å². The average molecular weight is 402 g/mol. The molecule has 0 radical (unpaired) electrons. The molecule has 0 saturated carbocycles. The Morgan fingerprint density at radius 3 is 2.63 bits per heavy atom. The third-order valence-electron chi connectivity index (χ3n) is 5.49. The smallest absolute Gasteiger partial charge is 0.227 e. The molecule has 3 aromatic rings. The van der Waals surface area contributed by atoms with Gasteiger partial charge in [-0.3, -0.25) is 4.79 Å². The maximum atomic E-state index is 12.7. The number of nitrogens with zero attached hydrogens (tertiary/aromatic N) is 3. The van der Waals surface area contributed by atoms with Crippen molar-refractivity contribution in [1.82, 2.24) is 9.97 Å². The van der Waals surface area contributed by atoms with Crippen LogP contribution < -0.4 is 15.0 Å². The Balaban J connectivity index is 1.38. The number of amides is 1. The van der Waals surface area contributed by atoms with Crippen molar-refractivity contribution < 1.29 is 9.53 Å². The number of carbonyl (C=O) groups is 1. The van der Waals surface area contributed by atoms with Gasteiger partial charge in [-0.15, -0.1) is 0 Å². The lowest BCUT2D eigenvalue weighted by Crippen LogP contribution is -2.38. The van der Waals surface area contributed by atoms with E-state index in [0.29, 0.717) is 0 Å². The molecule has 0 aliphatic carbocycles. The van der Waals surface area contributed by atoms with Crippen LogP contribution in [0.5, 0.6) is 5.75 Å². The molecule has 0 spiro atoms. The first-order valence-electron chi connectivity index (χ1n) is 10.2. The van der Waals surface area contributed by atoms with Crippen LogP contribution in [0.25, 0.3) is 11.3 Å². The number of rotatable bonds is 5. The minimum atomic E-state index is -0.00877. The van der Waals surface area contributed by atoms with E-state index in [4.69, 9.17) is 4.74 Å². The fourth-order valence-electron chi connectivity index (χ4n) is 3.80. The molecule has 1 amide bonds. The maximum Gasteiger partial charge on any atom is 0.227 e. The molecule has 1 aliphatic heterocycles. The van der Waals surface area contributed by atoms with E-state index in [-0.39, 0.29) is 11.8 Å². The zero-order valence-electron chi connectivity index (χ0n) is 17.3. The number of hydrogen-bond acceptors (Lipinski definition) is 5. The number of aryl methyl sites for hydroxylation is 1. The van der Waals surface area contributed by atoms with Crippen molar-refractivity contribution in [3.63, 3.8) is 0 Å². The lowest BCUT2D eigenvalue weighted by molar-refractivity contribution is -0.120. The van der Waals surface area contributed by atoms with Crippen LogP contribution in [0.15, 0.2) is 60.9 Å². The van der Waals surface area contributed by atoms with Crippen LogP contribution in [-0.4, -0.2) is 36.1 Å². The van der Waals surface area contributed by atoms with Gasteiger partial charge in [0.15, 0.2) is 0 Å². The van der Waals surface area contributed by atoms with Crippen LogP contribution in [0.3, 0.4) is 0 Å². The summed E-state index contributed by atoms with van der Waals surface area (Å²) in [7, 11) is 1.62. The van der Waals surface area contributed by atoms with E-state index in [2.05, 4.69) is 45.3 Å². The quantitative estimate of drug-likeness (QED) is 0.689. The number of hydrogen-bond donors (Lipinski definition) is 1. The Morgan fingerprint density at radius 2 is 1.87 bits per heavy atom. The highest BCUT2D eigenvalue weighted by molar-refractivity contribution is 5.92. The first kappa shape index (κ1) is 19.9. The number of methoxy groups -OCH3 is 1. The van der Waals surface area contributed by atoms with E-state index in [1.807, 2.05) is 36.4 Å². The Hall–Kier alpha value is -3.41. The SMILES string of the molecule is COc1cccc(NC(=O)C2CCN(c3cc(-c4cccc(C)c4)ncn3)CC2)c1. The molecule has 6 nitrogen and oxygen atoms in total. The van der Waals surface area contributed by atoms with E-state index in [1.54, 1.807) is 13.4 Å². The van der Waals surface area contributed by atoms with Crippen LogP contribution in [0.1, 0.15) is 18.4 Å². The van der Waals surface area contributed by atoms with E-state index in [0.717, 1.165) is 54.4 Å². The van der Waals surface area contributed by atoms with Gasteiger partial charge in [-0.25, -0.2) is 9.97 Å². The highest BCUT2D eigenvalue weighted by Crippen LogP contribution is 2.26. The van der Waals surface area contributed by atoms with E-state index < -0.39 is 0 Å². The Kier molecular flexibility index (Phi) is 5.93. The number of anilines is 2. The van der Waals surface area contributed by atoms with E-state index >= 15 is 0 Å². The summed E-state index contributed by atoms with van der Waals surface area (Å²) in [5.41, 5.74) is 3.98. The number of carbonyl (C=O) groups excluding carboxylic acids is 1. The van der Waals surface area contributed by atoms with Crippen molar-refractivity contribution in [3.8, 4) is 17.0 Å². The lowest BCUT2D eigenvalue weighted by atomic mass is 9.95. The van der Waals surface area contributed by atoms with Gasteiger partial charge in [0.1, 0.15) is 17.9 Å². The van der Waals surface area contributed by atoms with Crippen LogP contribution >= 0.6 is 0 Å². The molecule has 0 bridgehead atoms. The second-order valence-corrected chi connectivity index (χ2v) is 7.61. The van der Waals surface area contributed by atoms with E-state index in [9.17, 15) is 4.79 Å². The molecule has 154 valence electrons. The number of benzene rings is 2. The molecular formula is C24H26N4O2. The average Bonchev–Trinajstić information content (AvgIpc) is 2.79. The van der Waals surface area contributed by atoms with Gasteiger partial charge in [0.25, 0.3) is 0 Å². The Labute approximate surface area is 176 Å². The summed E-state index contributed by atoms with van der Waals surface area (Å²) in [5, 5.41) is 3.01. The van der Waals surface area contributed by atoms with Crippen LogP contribution in [0.4, 0.5) is 11.5 Å². The molecule has 2 heterocycles. The van der Waals surface area contributed by atoms with Crippen LogP contribution in [0.2, 0.25) is 0 Å². The number of nitrogens with one attached hydrogen (secondary N) is 1. The summed E-state index contributed by atoms with van der Waals surface area (Å²) < 4.78 is 5.22. The first-order chi connectivity index (χ1) is 14.6. The summed E-state index contributed by atoms with van der Waals surface area (Å²) in [5.74, 6) is 1.69. The number of piperidine rings is 1. The normalized spacial score (nSPS) is 14.4. The van der Waals surface area contributed by atoms with E-state index in [1.165, 1.54) is 5.56 Å². The van der Waals surface area contributed by atoms with Gasteiger partial charge in [-0.05, 0) is 38.0 Å². The van der Waals surface area contributed by atoms with Crippen molar-refractivity contribution in [2.75, 3.05) is 30.4 Å². The third kappa shape index (κ3) is 4.59. The maximum absolute atomic E-state index is 12.7. The second kappa shape index (κ2) is 8.95. The molecule has 1 N–H and O–H groups in total. The first-order valence-corrected chi connectivity index (χ1v) is 10.2. The largest absolute Gasteiger partial charge is 0.497 e. The van der Waals surface area contributed by atoms with Gasteiger partial charge < -0.3 is 15.0 Å². The fraction of sp³-hybridized carbons (Fsp3) is 0.292. The summed E-state index contributed by atoms with van der Waals surface area (Å²) in [6.07, 6.45) is 3.20. The summed E-state index contributed by atoms with van der Waals surface area (Å²) in [6, 6.07) is 17.8. The van der Waals surface area contributed by atoms with Crippen LogP contribution in [-0.2, 0) is 4.79 Å². The predicted octanol–water partition coefficient (Wildman–Crippen LogP) is 4.32. The number of ether oxygens (including phenoxy) is 1. The monoisotopic (exact) mass is 402 g/mol. The molecule has 2 aromatic carbocycles. The van der Waals surface area contributed by atoms with Crippen molar-refractivity contribution >= 4 is 17.4 Å². The fourth-order valence-corrected chi connectivity index (χ4v) is 3.80. The molecular weight excluding hydrogens is 376 g/mol. The summed E-state index contributed by atoms with van der Waals surface area (Å²) in [6.45, 7) is 3.66. The summed E-state index contributed by atoms with van der Waals surface area (Å²) in [4.78, 5) is 23.8. The predicted molar refractivity (Wildman–Crippen MR) is 119 cm³/mol. The van der Waals surface area contributed by atoms with Gasteiger partial charge >= 0.3 is 0 Å². The Bertz CT molecular complexity index is 1030. The molecule has 30 heavy (non-hydrogen) atoms. The van der Waals surface area contributed by atoms with Gasteiger partial charge in [-0.1, -0.05) is 29.8 Å². The molecule has 1 fully saturated rings. The number of aromatic nitrogens is 2. The van der Waals surface area contributed by atoms with Crippen molar-refractivity contribution in [3.05, 3.63) is 66.5 Å². The highest BCUT2D eigenvalue weighted by Gasteiger charge is 2.26. The molecule has 6 heteroatoms. The Morgan fingerprint density at radius 1 is 1.07 bits per heavy atom. The second-order valence-electron chi connectivity index (χ2n) is 7.61. The zero-order valence-corrected chi connectivity index (χ0v) is 17.3. The molecule has 1 aliphatic rings. The molecule has 0 unspecified atom stereocenters. The third-order valence-corrected chi connectivity index (χ3v) is 5.49. The highest BCUT2D eigenvalue weighted by atomic mass is 16.5. The molecule has 1 aromatic heterocycles. The molecule has 4 rings (SSSR count). The molecule has 0 atom stereocenters. The summed E-state index contributed by atoms with van der Waals surface area (Å²) >= 11 is 0. The standard InChI is InChI=1S/C24H26N4O2/c1-17-5-3-6-19(13-17)22-15-23(26-16-25-22)28-11-9-18(10-12-28)24(29)27-20-7-4-8-21(14-20)30-2/h3-8,13-16,18H,9-12H2,1-2H3,(H,27,29). The van der Waals surface area contributed by atoms with Crippen LogP contribution in [0, 0.1) is 12.8 Å². The van der Waals surface area contributed by atoms with Gasteiger partial charge in [0.05, 0.1) is 12.8 Å². The minimum absolute atomic E-state index is 0.00877. The topological polar surface area (TPSA) is 67.3 Å². The molecule has 1 saturated heterocycles. The zero-order chi connectivity index (χ0) is 20.9. The van der Waals surface area contributed by atoms with Crippen molar-refractivity contribution in [2.24, 2.45) is 5.92 Å². The lowest BCUT2D eigenvalue weighted by Gasteiger charge is -2.32. The van der Waals surface area contributed by atoms with Crippen molar-refractivity contribution in [2.45, 2.75) is 19.8 Å². The van der Waals surface area contributed by atoms with Gasteiger partial charge in [0, 0.05) is 42.4 Å².